The van der Waals surface area contributed by atoms with Gasteiger partial charge in [-0.3, -0.25) is 4.79 Å². The van der Waals surface area contributed by atoms with E-state index in [0.717, 1.165) is 54.0 Å². The Hall–Kier alpha value is -2.48. The van der Waals surface area contributed by atoms with Crippen molar-refractivity contribution in [3.8, 4) is 11.1 Å². The molecule has 1 aliphatic heterocycles. The van der Waals surface area contributed by atoms with Gasteiger partial charge in [0.25, 0.3) is 5.56 Å². The molecule has 7 nitrogen and oxygen atoms in total. The number of imidazole rings is 1. The van der Waals surface area contributed by atoms with Crippen LogP contribution < -0.4 is 5.56 Å². The maximum atomic E-state index is 12.1. The average Bonchev–Trinajstić information content (AvgIpc) is 3.09. The number of hydrogen-bond donors (Lipinski definition) is 1. The Kier molecular flexibility index (Phi) is 6.01. The van der Waals surface area contributed by atoms with Gasteiger partial charge in [0, 0.05) is 44.5 Å². The van der Waals surface area contributed by atoms with Gasteiger partial charge >= 0.3 is 0 Å². The van der Waals surface area contributed by atoms with Crippen molar-refractivity contribution in [1.29, 1.82) is 0 Å². The highest BCUT2D eigenvalue weighted by molar-refractivity contribution is 5.83. The molecule has 166 valence electrons. The van der Waals surface area contributed by atoms with E-state index in [0.29, 0.717) is 18.7 Å². The minimum Gasteiger partial charge on any atom is -0.381 e. The van der Waals surface area contributed by atoms with Crippen LogP contribution in [0.25, 0.3) is 22.2 Å². The molecule has 2 aromatic heterocycles. The summed E-state index contributed by atoms with van der Waals surface area (Å²) in [7, 11) is 1.77. The first-order chi connectivity index (χ1) is 14.8. The fourth-order valence-corrected chi connectivity index (χ4v) is 4.44. The van der Waals surface area contributed by atoms with Gasteiger partial charge < -0.3 is 23.7 Å². The molecule has 0 radical (unpaired) electrons. The Morgan fingerprint density at radius 2 is 2.00 bits per heavy atom. The van der Waals surface area contributed by atoms with E-state index >= 15 is 0 Å². The SMILES string of the molecule is CCO[C@@](C)(O)Cn1c(C2CCOCC2)nc2ccc(-c3cc(C)c(=O)n(C)c3)cc21. The maximum absolute atomic E-state index is 12.1. The van der Waals surface area contributed by atoms with Crippen LogP contribution in [0, 0.1) is 6.92 Å². The molecule has 31 heavy (non-hydrogen) atoms. The summed E-state index contributed by atoms with van der Waals surface area (Å²) in [6, 6.07) is 8.06. The maximum Gasteiger partial charge on any atom is 0.253 e. The van der Waals surface area contributed by atoms with Crippen LogP contribution in [0.4, 0.5) is 0 Å². The van der Waals surface area contributed by atoms with Gasteiger partial charge in [-0.25, -0.2) is 4.98 Å². The molecule has 1 aliphatic rings. The second-order valence-electron chi connectivity index (χ2n) is 8.58. The van der Waals surface area contributed by atoms with Crippen LogP contribution in [0.15, 0.2) is 35.3 Å². The lowest BCUT2D eigenvalue weighted by Crippen LogP contribution is -2.35. The number of pyridine rings is 1. The van der Waals surface area contributed by atoms with Gasteiger partial charge in [0.05, 0.1) is 17.6 Å². The fraction of sp³-hybridized carbons (Fsp3) is 0.500. The van der Waals surface area contributed by atoms with E-state index in [9.17, 15) is 9.90 Å². The molecule has 1 fully saturated rings. The molecule has 1 saturated heterocycles. The standard InChI is InChI=1S/C24H31N3O4/c1-5-31-24(3,29)15-27-21-13-18(19-12-16(2)23(28)26(4)14-19)6-7-20(21)25-22(27)17-8-10-30-11-9-17/h6-7,12-14,17,29H,5,8-11,15H2,1-4H3/t24-/m1/s1. The van der Waals surface area contributed by atoms with E-state index in [1.54, 1.807) is 18.5 Å². The van der Waals surface area contributed by atoms with Crippen LogP contribution in [-0.2, 0) is 23.1 Å². The number of hydrogen-bond acceptors (Lipinski definition) is 5. The second kappa shape index (κ2) is 8.57. The number of aromatic nitrogens is 3. The summed E-state index contributed by atoms with van der Waals surface area (Å²) in [5, 5.41) is 10.8. The molecule has 0 bridgehead atoms. The van der Waals surface area contributed by atoms with Crippen LogP contribution in [0.5, 0.6) is 0 Å². The second-order valence-corrected chi connectivity index (χ2v) is 8.58. The molecule has 0 amide bonds. The average molecular weight is 426 g/mol. The topological polar surface area (TPSA) is 78.5 Å². The molecule has 0 aliphatic carbocycles. The van der Waals surface area contributed by atoms with Crippen molar-refractivity contribution >= 4 is 11.0 Å². The van der Waals surface area contributed by atoms with E-state index in [2.05, 4.69) is 10.6 Å². The smallest absolute Gasteiger partial charge is 0.253 e. The van der Waals surface area contributed by atoms with Crippen molar-refractivity contribution in [3.63, 3.8) is 0 Å². The first kappa shape index (κ1) is 21.7. The van der Waals surface area contributed by atoms with Gasteiger partial charge in [-0.1, -0.05) is 6.07 Å². The molecule has 0 spiro atoms. The number of benzene rings is 1. The largest absolute Gasteiger partial charge is 0.381 e. The van der Waals surface area contributed by atoms with Crippen molar-refractivity contribution in [1.82, 2.24) is 14.1 Å². The third kappa shape index (κ3) is 4.44. The van der Waals surface area contributed by atoms with E-state index in [4.69, 9.17) is 14.5 Å². The molecule has 0 unspecified atom stereocenters. The van der Waals surface area contributed by atoms with Crippen LogP contribution >= 0.6 is 0 Å². The molecular weight excluding hydrogens is 394 g/mol. The van der Waals surface area contributed by atoms with Crippen LogP contribution in [-0.4, -0.2) is 44.8 Å². The number of fused-ring (bicyclic) bond motifs is 1. The number of rotatable bonds is 6. The lowest BCUT2D eigenvalue weighted by atomic mass is 9.99. The Morgan fingerprint density at radius 1 is 1.26 bits per heavy atom. The predicted octanol–water partition coefficient (Wildman–Crippen LogP) is 3.35. The number of ether oxygens (including phenoxy) is 2. The normalized spacial score (nSPS) is 17.2. The molecule has 0 saturated carbocycles. The Balaban J connectivity index is 1.85. The summed E-state index contributed by atoms with van der Waals surface area (Å²) in [6.07, 6.45) is 3.67. The highest BCUT2D eigenvalue weighted by Crippen LogP contribution is 2.32. The lowest BCUT2D eigenvalue weighted by molar-refractivity contribution is -0.195. The van der Waals surface area contributed by atoms with E-state index in [1.165, 1.54) is 0 Å². The van der Waals surface area contributed by atoms with Gasteiger partial charge in [0.1, 0.15) is 5.82 Å². The predicted molar refractivity (Wildman–Crippen MR) is 120 cm³/mol. The van der Waals surface area contributed by atoms with Crippen molar-refractivity contribution in [2.24, 2.45) is 7.05 Å². The van der Waals surface area contributed by atoms with Crippen molar-refractivity contribution in [3.05, 3.63) is 52.2 Å². The molecule has 1 aromatic carbocycles. The summed E-state index contributed by atoms with van der Waals surface area (Å²) in [5.41, 5.74) is 4.52. The highest BCUT2D eigenvalue weighted by atomic mass is 16.6. The molecule has 3 aromatic rings. The summed E-state index contributed by atoms with van der Waals surface area (Å²) >= 11 is 0. The highest BCUT2D eigenvalue weighted by Gasteiger charge is 2.28. The summed E-state index contributed by atoms with van der Waals surface area (Å²) in [4.78, 5) is 17.1. The number of aliphatic hydroxyl groups is 1. The fourth-order valence-electron chi connectivity index (χ4n) is 4.44. The Morgan fingerprint density at radius 3 is 2.68 bits per heavy atom. The van der Waals surface area contributed by atoms with Crippen molar-refractivity contribution in [2.75, 3.05) is 19.8 Å². The van der Waals surface area contributed by atoms with Gasteiger partial charge in [0.15, 0.2) is 5.79 Å². The minimum absolute atomic E-state index is 0.00411. The van der Waals surface area contributed by atoms with Gasteiger partial charge in [-0.15, -0.1) is 0 Å². The first-order valence-electron chi connectivity index (χ1n) is 10.9. The van der Waals surface area contributed by atoms with Crippen LogP contribution in [0.2, 0.25) is 0 Å². The van der Waals surface area contributed by atoms with Gasteiger partial charge in [0.2, 0.25) is 0 Å². The quantitative estimate of drug-likeness (QED) is 0.613. The van der Waals surface area contributed by atoms with Gasteiger partial charge in [-0.2, -0.15) is 0 Å². The zero-order valence-electron chi connectivity index (χ0n) is 18.7. The third-order valence-electron chi connectivity index (χ3n) is 5.97. The molecular formula is C24H31N3O4. The Bertz CT molecular complexity index is 1110. The number of aryl methyl sites for hydroxylation is 2. The molecule has 7 heteroatoms. The summed E-state index contributed by atoms with van der Waals surface area (Å²) in [5.74, 6) is -0.0557. The summed E-state index contributed by atoms with van der Waals surface area (Å²) < 4.78 is 14.8. The molecule has 3 heterocycles. The van der Waals surface area contributed by atoms with E-state index in [1.807, 2.05) is 38.2 Å². The lowest BCUT2D eigenvalue weighted by Gasteiger charge is -2.28. The minimum atomic E-state index is -1.30. The van der Waals surface area contributed by atoms with E-state index in [-0.39, 0.29) is 11.5 Å². The van der Waals surface area contributed by atoms with E-state index < -0.39 is 5.79 Å². The number of nitrogens with zero attached hydrogens (tertiary/aromatic N) is 3. The van der Waals surface area contributed by atoms with Crippen molar-refractivity contribution in [2.45, 2.75) is 51.9 Å². The third-order valence-corrected chi connectivity index (χ3v) is 5.97. The monoisotopic (exact) mass is 425 g/mol. The first-order valence-corrected chi connectivity index (χ1v) is 10.9. The zero-order chi connectivity index (χ0) is 22.2. The zero-order valence-corrected chi connectivity index (χ0v) is 18.7. The van der Waals surface area contributed by atoms with Crippen molar-refractivity contribution < 1.29 is 14.6 Å². The summed E-state index contributed by atoms with van der Waals surface area (Å²) in [6.45, 7) is 7.55. The molecule has 1 atom stereocenters. The molecule has 1 N–H and O–H groups in total. The van der Waals surface area contributed by atoms with Crippen LogP contribution in [0.3, 0.4) is 0 Å². The van der Waals surface area contributed by atoms with Crippen LogP contribution in [0.1, 0.15) is 44.0 Å². The molecule has 4 rings (SSSR count). The Labute approximate surface area is 182 Å². The van der Waals surface area contributed by atoms with Gasteiger partial charge in [-0.05, 0) is 62.9 Å².